The quantitative estimate of drug-likeness (QED) is 0.700. The molecule has 0 heterocycles. The van der Waals surface area contributed by atoms with Crippen LogP contribution in [0.15, 0.2) is 11.6 Å². The largest absolute Gasteiger partial charge is 0.338 e. The molecule has 2 nitrogen and oxygen atoms in total. The number of carbonyl (C=O) groups excluding carboxylic acids is 1. The zero-order valence-electron chi connectivity index (χ0n) is 14.1. The van der Waals surface area contributed by atoms with Gasteiger partial charge in [0.05, 0.1) is 0 Å². The lowest BCUT2D eigenvalue weighted by atomic mass is 9.78. The molecular formula is C18H31NO. The first-order valence-corrected chi connectivity index (χ1v) is 8.08. The summed E-state index contributed by atoms with van der Waals surface area (Å²) in [5.41, 5.74) is 1.97. The molecule has 0 bridgehead atoms. The van der Waals surface area contributed by atoms with Crippen molar-refractivity contribution < 1.29 is 4.79 Å². The molecule has 0 aromatic heterocycles. The highest BCUT2D eigenvalue weighted by Crippen LogP contribution is 2.61. The molecule has 0 N–H and O–H groups in total. The minimum Gasteiger partial charge on any atom is -0.338 e. The number of hydrogen-bond donors (Lipinski definition) is 0. The van der Waals surface area contributed by atoms with Gasteiger partial charge in [-0.3, -0.25) is 4.79 Å². The van der Waals surface area contributed by atoms with Gasteiger partial charge < -0.3 is 4.90 Å². The highest BCUT2D eigenvalue weighted by Gasteiger charge is 2.55. The van der Waals surface area contributed by atoms with Crippen LogP contribution >= 0.6 is 0 Å². The molecule has 0 aliphatic heterocycles. The Labute approximate surface area is 124 Å². The van der Waals surface area contributed by atoms with Crippen LogP contribution in [0, 0.1) is 17.3 Å². The smallest absolute Gasteiger partial charge is 0.219 e. The number of amides is 1. The average Bonchev–Trinajstić information content (AvgIpc) is 2.97. The standard InChI is InChI=1S/C18H31NO/c1-13-7-9-15(10-8-13)18(6)11-16(18)12-19(14(2)20)17(3,4)5/h7,15-16H,8-12H2,1-6H3/t15?,16-,18?/m1/s1. The summed E-state index contributed by atoms with van der Waals surface area (Å²) in [4.78, 5) is 14.0. The Hall–Kier alpha value is -0.790. The summed E-state index contributed by atoms with van der Waals surface area (Å²) in [5.74, 6) is 1.73. The first kappa shape index (κ1) is 15.6. The highest BCUT2D eigenvalue weighted by atomic mass is 16.2. The molecule has 114 valence electrons. The first-order chi connectivity index (χ1) is 9.14. The van der Waals surface area contributed by atoms with Gasteiger partial charge in [0, 0.05) is 19.0 Å². The fourth-order valence-electron chi connectivity index (χ4n) is 3.90. The summed E-state index contributed by atoms with van der Waals surface area (Å²) < 4.78 is 0. The maximum atomic E-state index is 11.9. The maximum absolute atomic E-state index is 11.9. The predicted molar refractivity (Wildman–Crippen MR) is 84.5 cm³/mol. The third-order valence-electron chi connectivity index (χ3n) is 5.62. The van der Waals surface area contributed by atoms with Crippen LogP contribution < -0.4 is 0 Å². The van der Waals surface area contributed by atoms with Crippen LogP contribution in [0.25, 0.3) is 0 Å². The van der Waals surface area contributed by atoms with Crippen molar-refractivity contribution in [2.75, 3.05) is 6.54 Å². The van der Waals surface area contributed by atoms with Crippen LogP contribution in [0.3, 0.4) is 0 Å². The van der Waals surface area contributed by atoms with Gasteiger partial charge in [-0.2, -0.15) is 0 Å². The van der Waals surface area contributed by atoms with Gasteiger partial charge in [0.25, 0.3) is 0 Å². The van der Waals surface area contributed by atoms with Gasteiger partial charge in [-0.05, 0) is 70.6 Å². The molecule has 2 rings (SSSR count). The Balaban J connectivity index is 1.98. The third-order valence-corrected chi connectivity index (χ3v) is 5.62. The van der Waals surface area contributed by atoms with Crippen LogP contribution in [0.4, 0.5) is 0 Å². The van der Waals surface area contributed by atoms with Gasteiger partial charge in [0.15, 0.2) is 0 Å². The topological polar surface area (TPSA) is 20.3 Å². The molecule has 20 heavy (non-hydrogen) atoms. The molecule has 3 atom stereocenters. The van der Waals surface area contributed by atoms with Crippen molar-refractivity contribution in [3.05, 3.63) is 11.6 Å². The maximum Gasteiger partial charge on any atom is 0.219 e. The molecule has 1 saturated carbocycles. The van der Waals surface area contributed by atoms with E-state index in [1.54, 1.807) is 12.5 Å². The van der Waals surface area contributed by atoms with Gasteiger partial charge >= 0.3 is 0 Å². The van der Waals surface area contributed by atoms with E-state index in [4.69, 9.17) is 0 Å². The second kappa shape index (κ2) is 5.20. The lowest BCUT2D eigenvalue weighted by Crippen LogP contribution is -2.46. The fraction of sp³-hybridized carbons (Fsp3) is 0.833. The van der Waals surface area contributed by atoms with Gasteiger partial charge in [-0.25, -0.2) is 0 Å². The highest BCUT2D eigenvalue weighted by molar-refractivity contribution is 5.74. The van der Waals surface area contributed by atoms with E-state index >= 15 is 0 Å². The molecular weight excluding hydrogens is 246 g/mol. The lowest BCUT2D eigenvalue weighted by Gasteiger charge is -2.36. The van der Waals surface area contributed by atoms with E-state index in [9.17, 15) is 4.79 Å². The van der Waals surface area contributed by atoms with Crippen LogP contribution in [0.2, 0.25) is 0 Å². The SMILES string of the molecule is CC(=O)N(C[C@H]1CC1(C)C1CC=C(C)CC1)C(C)(C)C. The first-order valence-electron chi connectivity index (χ1n) is 8.08. The lowest BCUT2D eigenvalue weighted by molar-refractivity contribution is -0.134. The Morgan fingerprint density at radius 1 is 1.45 bits per heavy atom. The monoisotopic (exact) mass is 277 g/mol. The fourth-order valence-corrected chi connectivity index (χ4v) is 3.90. The second-order valence-corrected chi connectivity index (χ2v) is 8.23. The molecule has 2 unspecified atom stereocenters. The van der Waals surface area contributed by atoms with Crippen molar-refractivity contribution >= 4 is 5.91 Å². The molecule has 1 amide bonds. The van der Waals surface area contributed by atoms with Crippen molar-refractivity contribution in [1.82, 2.24) is 4.90 Å². The summed E-state index contributed by atoms with van der Waals surface area (Å²) in [6.07, 6.45) is 7.58. The van der Waals surface area contributed by atoms with Crippen molar-refractivity contribution in [3.63, 3.8) is 0 Å². The number of carbonyl (C=O) groups is 1. The van der Waals surface area contributed by atoms with Gasteiger partial charge in [-0.1, -0.05) is 18.6 Å². The molecule has 2 aliphatic carbocycles. The summed E-state index contributed by atoms with van der Waals surface area (Å²) in [5, 5.41) is 0. The van der Waals surface area contributed by atoms with Gasteiger partial charge in [-0.15, -0.1) is 0 Å². The number of allylic oxidation sites excluding steroid dienone is 2. The molecule has 0 saturated heterocycles. The van der Waals surface area contributed by atoms with Crippen LogP contribution in [-0.4, -0.2) is 22.9 Å². The van der Waals surface area contributed by atoms with Crippen molar-refractivity contribution in [3.8, 4) is 0 Å². The van der Waals surface area contributed by atoms with E-state index in [1.807, 2.05) is 0 Å². The normalized spacial score (nSPS) is 33.6. The van der Waals surface area contributed by atoms with Crippen molar-refractivity contribution in [1.29, 1.82) is 0 Å². The molecule has 2 heteroatoms. The van der Waals surface area contributed by atoms with E-state index in [0.717, 1.165) is 12.5 Å². The zero-order chi connectivity index (χ0) is 15.1. The summed E-state index contributed by atoms with van der Waals surface area (Å²) >= 11 is 0. The number of nitrogens with zero attached hydrogens (tertiary/aromatic N) is 1. The number of hydrogen-bond acceptors (Lipinski definition) is 1. The van der Waals surface area contributed by atoms with Gasteiger partial charge in [0.2, 0.25) is 5.91 Å². The van der Waals surface area contributed by atoms with E-state index in [-0.39, 0.29) is 11.4 Å². The zero-order valence-corrected chi connectivity index (χ0v) is 14.1. The molecule has 1 fully saturated rings. The van der Waals surface area contributed by atoms with Crippen molar-refractivity contribution in [2.24, 2.45) is 17.3 Å². The predicted octanol–water partition coefficient (Wildman–Crippen LogP) is 4.41. The van der Waals surface area contributed by atoms with Crippen molar-refractivity contribution in [2.45, 2.75) is 72.8 Å². The molecule has 0 spiro atoms. The van der Waals surface area contributed by atoms with E-state index in [0.29, 0.717) is 11.3 Å². The molecule has 0 aromatic rings. The third kappa shape index (κ3) is 3.10. The van der Waals surface area contributed by atoms with E-state index in [1.165, 1.54) is 25.7 Å². The molecule has 2 aliphatic rings. The molecule has 0 radical (unpaired) electrons. The van der Waals surface area contributed by atoms with E-state index in [2.05, 4.69) is 45.6 Å². The Bertz CT molecular complexity index is 418. The Kier molecular flexibility index (Phi) is 4.05. The minimum absolute atomic E-state index is 0.0572. The average molecular weight is 277 g/mol. The number of rotatable bonds is 3. The Morgan fingerprint density at radius 3 is 2.55 bits per heavy atom. The van der Waals surface area contributed by atoms with Crippen LogP contribution in [-0.2, 0) is 4.79 Å². The van der Waals surface area contributed by atoms with E-state index < -0.39 is 0 Å². The summed E-state index contributed by atoms with van der Waals surface area (Å²) in [7, 11) is 0. The second-order valence-electron chi connectivity index (χ2n) is 8.23. The Morgan fingerprint density at radius 2 is 2.10 bits per heavy atom. The summed E-state index contributed by atoms with van der Waals surface area (Å²) in [6, 6.07) is 0. The minimum atomic E-state index is -0.0572. The summed E-state index contributed by atoms with van der Waals surface area (Å²) in [6.45, 7) is 13.8. The molecule has 0 aromatic carbocycles. The van der Waals surface area contributed by atoms with Gasteiger partial charge in [0.1, 0.15) is 0 Å². The van der Waals surface area contributed by atoms with Crippen LogP contribution in [0.1, 0.15) is 67.2 Å². The van der Waals surface area contributed by atoms with Crippen LogP contribution in [0.5, 0.6) is 0 Å².